The minimum absolute atomic E-state index is 0.195. The number of nitrogens with one attached hydrogen (secondary N) is 1. The molecular weight excluding hydrogens is 237 g/mol. The van der Waals surface area contributed by atoms with Crippen LogP contribution in [-0.4, -0.2) is 6.54 Å². The molecule has 0 aromatic heterocycles. The lowest BCUT2D eigenvalue weighted by atomic mass is 10.1. The highest BCUT2D eigenvalue weighted by Gasteiger charge is 2.02. The minimum atomic E-state index is -0.195. The van der Waals surface area contributed by atoms with Gasteiger partial charge >= 0.3 is 0 Å². The summed E-state index contributed by atoms with van der Waals surface area (Å²) in [7, 11) is 0. The Morgan fingerprint density at radius 2 is 1.74 bits per heavy atom. The van der Waals surface area contributed by atoms with Gasteiger partial charge in [0.1, 0.15) is 5.82 Å². The Balaban J connectivity index is 1.82. The Morgan fingerprint density at radius 1 is 1.05 bits per heavy atom. The monoisotopic (exact) mass is 255 g/mol. The molecule has 1 atom stereocenters. The van der Waals surface area contributed by atoms with Crippen molar-refractivity contribution in [3.63, 3.8) is 0 Å². The van der Waals surface area contributed by atoms with Crippen LogP contribution in [0.25, 0.3) is 6.08 Å². The first-order chi connectivity index (χ1) is 9.25. The SMILES string of the molecule is C[C@@H](NC/C=C/c1ccccc1)c1ccc(F)cc1. The van der Waals surface area contributed by atoms with Gasteiger partial charge in [-0.2, -0.15) is 0 Å². The van der Waals surface area contributed by atoms with Crippen LogP contribution in [0.15, 0.2) is 60.7 Å². The molecule has 0 spiro atoms. The van der Waals surface area contributed by atoms with E-state index in [-0.39, 0.29) is 11.9 Å². The van der Waals surface area contributed by atoms with E-state index in [0.29, 0.717) is 0 Å². The molecule has 1 N–H and O–H groups in total. The molecule has 0 heterocycles. The van der Waals surface area contributed by atoms with Crippen LogP contribution in [0.5, 0.6) is 0 Å². The molecule has 0 aliphatic carbocycles. The summed E-state index contributed by atoms with van der Waals surface area (Å²) < 4.78 is 12.8. The summed E-state index contributed by atoms with van der Waals surface area (Å²) in [5.74, 6) is -0.195. The average molecular weight is 255 g/mol. The molecule has 2 heteroatoms. The van der Waals surface area contributed by atoms with Crippen molar-refractivity contribution in [1.82, 2.24) is 5.32 Å². The topological polar surface area (TPSA) is 12.0 Å². The van der Waals surface area contributed by atoms with Gasteiger partial charge < -0.3 is 5.32 Å². The Labute approximate surface area is 113 Å². The maximum Gasteiger partial charge on any atom is 0.123 e. The number of rotatable bonds is 5. The Bertz CT molecular complexity index is 517. The molecule has 0 bridgehead atoms. The van der Waals surface area contributed by atoms with E-state index in [4.69, 9.17) is 0 Å². The van der Waals surface area contributed by atoms with Crippen molar-refractivity contribution in [3.05, 3.63) is 77.6 Å². The van der Waals surface area contributed by atoms with Crippen LogP contribution in [0.1, 0.15) is 24.1 Å². The summed E-state index contributed by atoms with van der Waals surface area (Å²) >= 11 is 0. The number of halogens is 1. The molecule has 19 heavy (non-hydrogen) atoms. The van der Waals surface area contributed by atoms with Gasteiger partial charge in [0.05, 0.1) is 0 Å². The second-order valence-corrected chi connectivity index (χ2v) is 4.49. The Kier molecular flexibility index (Phi) is 4.87. The summed E-state index contributed by atoms with van der Waals surface area (Å²) in [5.41, 5.74) is 2.29. The highest BCUT2D eigenvalue weighted by atomic mass is 19.1. The second kappa shape index (κ2) is 6.86. The van der Waals surface area contributed by atoms with E-state index in [1.807, 2.05) is 30.3 Å². The van der Waals surface area contributed by atoms with Crippen molar-refractivity contribution < 1.29 is 4.39 Å². The van der Waals surface area contributed by atoms with Crippen LogP contribution in [0, 0.1) is 5.82 Å². The predicted molar refractivity (Wildman–Crippen MR) is 78.3 cm³/mol. The van der Waals surface area contributed by atoms with Crippen molar-refractivity contribution in [1.29, 1.82) is 0 Å². The van der Waals surface area contributed by atoms with E-state index < -0.39 is 0 Å². The van der Waals surface area contributed by atoms with Gasteiger partial charge in [0, 0.05) is 12.6 Å². The Hall–Kier alpha value is -1.93. The summed E-state index contributed by atoms with van der Waals surface area (Å²) in [6.07, 6.45) is 4.18. The van der Waals surface area contributed by atoms with Gasteiger partial charge in [0.2, 0.25) is 0 Å². The number of benzene rings is 2. The largest absolute Gasteiger partial charge is 0.307 e. The van der Waals surface area contributed by atoms with Crippen LogP contribution < -0.4 is 5.32 Å². The van der Waals surface area contributed by atoms with E-state index >= 15 is 0 Å². The van der Waals surface area contributed by atoms with Crippen molar-refractivity contribution in [2.45, 2.75) is 13.0 Å². The van der Waals surface area contributed by atoms with E-state index in [0.717, 1.165) is 12.1 Å². The summed E-state index contributed by atoms with van der Waals surface area (Å²) in [5, 5.41) is 3.38. The van der Waals surface area contributed by atoms with Crippen LogP contribution in [0.2, 0.25) is 0 Å². The van der Waals surface area contributed by atoms with Gasteiger partial charge in [-0.3, -0.25) is 0 Å². The lowest BCUT2D eigenvalue weighted by molar-refractivity contribution is 0.606. The lowest BCUT2D eigenvalue weighted by Gasteiger charge is -2.12. The van der Waals surface area contributed by atoms with Gasteiger partial charge in [-0.1, -0.05) is 54.6 Å². The summed E-state index contributed by atoms with van der Waals surface area (Å²) in [6.45, 7) is 2.86. The molecule has 2 rings (SSSR count). The maximum atomic E-state index is 12.8. The van der Waals surface area contributed by atoms with Gasteiger partial charge in [-0.05, 0) is 30.2 Å². The van der Waals surface area contributed by atoms with Crippen LogP contribution >= 0.6 is 0 Å². The quantitative estimate of drug-likeness (QED) is 0.844. The molecule has 0 radical (unpaired) electrons. The lowest BCUT2D eigenvalue weighted by Crippen LogP contribution is -2.18. The second-order valence-electron chi connectivity index (χ2n) is 4.49. The van der Waals surface area contributed by atoms with Gasteiger partial charge in [0.25, 0.3) is 0 Å². The fraction of sp³-hybridized carbons (Fsp3) is 0.176. The summed E-state index contributed by atoms with van der Waals surface area (Å²) in [6, 6.07) is 17.0. The first-order valence-electron chi connectivity index (χ1n) is 6.46. The van der Waals surface area contributed by atoms with E-state index in [9.17, 15) is 4.39 Å². The van der Waals surface area contributed by atoms with Crippen molar-refractivity contribution in [2.75, 3.05) is 6.54 Å². The molecular formula is C17H18FN. The molecule has 0 unspecified atom stereocenters. The molecule has 0 saturated carbocycles. The van der Waals surface area contributed by atoms with E-state index in [1.54, 1.807) is 0 Å². The number of hydrogen-bond donors (Lipinski definition) is 1. The zero-order valence-electron chi connectivity index (χ0n) is 11.0. The van der Waals surface area contributed by atoms with Crippen LogP contribution in [0.4, 0.5) is 4.39 Å². The van der Waals surface area contributed by atoms with E-state index in [2.05, 4.69) is 36.5 Å². The third kappa shape index (κ3) is 4.34. The van der Waals surface area contributed by atoms with Crippen LogP contribution in [0.3, 0.4) is 0 Å². The van der Waals surface area contributed by atoms with Crippen molar-refractivity contribution in [3.8, 4) is 0 Å². The van der Waals surface area contributed by atoms with Gasteiger partial charge in [-0.15, -0.1) is 0 Å². The fourth-order valence-corrected chi connectivity index (χ4v) is 1.87. The van der Waals surface area contributed by atoms with Gasteiger partial charge in [-0.25, -0.2) is 4.39 Å². The first-order valence-corrected chi connectivity index (χ1v) is 6.46. The third-order valence-corrected chi connectivity index (χ3v) is 3.02. The molecule has 2 aromatic carbocycles. The zero-order chi connectivity index (χ0) is 13.5. The van der Waals surface area contributed by atoms with Crippen LogP contribution in [-0.2, 0) is 0 Å². The standard InChI is InChI=1S/C17H18FN/c1-14(16-9-11-17(18)12-10-16)19-13-5-8-15-6-3-2-4-7-15/h2-12,14,19H,13H2,1H3/b8-5+/t14-/m1/s1. The smallest absolute Gasteiger partial charge is 0.123 e. The third-order valence-electron chi connectivity index (χ3n) is 3.02. The van der Waals surface area contributed by atoms with Crippen molar-refractivity contribution >= 4 is 6.08 Å². The fourth-order valence-electron chi connectivity index (χ4n) is 1.87. The average Bonchev–Trinajstić information content (AvgIpc) is 2.45. The molecule has 1 nitrogen and oxygen atoms in total. The molecule has 0 saturated heterocycles. The molecule has 0 fully saturated rings. The maximum absolute atomic E-state index is 12.8. The summed E-state index contributed by atoms with van der Waals surface area (Å²) in [4.78, 5) is 0. The van der Waals surface area contributed by atoms with Gasteiger partial charge in [0.15, 0.2) is 0 Å². The first kappa shape index (κ1) is 13.5. The molecule has 0 aliphatic heterocycles. The zero-order valence-corrected chi connectivity index (χ0v) is 11.0. The van der Waals surface area contributed by atoms with Crippen molar-refractivity contribution in [2.24, 2.45) is 0 Å². The molecule has 0 aliphatic rings. The minimum Gasteiger partial charge on any atom is -0.307 e. The van der Waals surface area contributed by atoms with E-state index in [1.165, 1.54) is 17.7 Å². The molecule has 2 aromatic rings. The highest BCUT2D eigenvalue weighted by molar-refractivity contribution is 5.48. The predicted octanol–water partition coefficient (Wildman–Crippen LogP) is 4.19. The molecule has 0 amide bonds. The molecule has 98 valence electrons. The Morgan fingerprint density at radius 3 is 2.42 bits per heavy atom. The number of hydrogen-bond acceptors (Lipinski definition) is 1. The normalized spacial score (nSPS) is 12.7. The highest BCUT2D eigenvalue weighted by Crippen LogP contribution is 2.12.